The lowest BCUT2D eigenvalue weighted by atomic mass is 10.0. The third-order valence-electron chi connectivity index (χ3n) is 3.87. The fourth-order valence-corrected chi connectivity index (χ4v) is 5.04. The molecule has 2 heterocycles. The van der Waals surface area contributed by atoms with Crippen molar-refractivity contribution in [3.8, 4) is 11.1 Å². The number of carbonyl (C=O) groups excluding carboxylic acids is 1. The number of aromatic nitrogens is 1. The summed E-state index contributed by atoms with van der Waals surface area (Å²) in [4.78, 5) is 26.2. The zero-order valence-electron chi connectivity index (χ0n) is 13.8. The van der Waals surface area contributed by atoms with E-state index in [2.05, 4.69) is 4.98 Å². The number of ketones is 1. The van der Waals surface area contributed by atoms with Crippen molar-refractivity contribution < 1.29 is 23.1 Å². The van der Waals surface area contributed by atoms with Crippen LogP contribution in [0.15, 0.2) is 23.6 Å². The Balaban J connectivity index is 2.21. The molecule has 0 amide bonds. The summed E-state index contributed by atoms with van der Waals surface area (Å²) in [6.45, 7) is 1.42. The normalized spacial score (nSPS) is 11.8. The Hall–Kier alpha value is -2.16. The van der Waals surface area contributed by atoms with Gasteiger partial charge in [-0.05, 0) is 24.1 Å². The van der Waals surface area contributed by atoms with E-state index in [1.54, 1.807) is 23.6 Å². The predicted molar refractivity (Wildman–Crippen MR) is 102 cm³/mol. The van der Waals surface area contributed by atoms with E-state index < -0.39 is 15.8 Å². The van der Waals surface area contributed by atoms with Gasteiger partial charge >= 0.3 is 5.97 Å². The zero-order chi connectivity index (χ0) is 19.2. The van der Waals surface area contributed by atoms with Gasteiger partial charge in [-0.3, -0.25) is 4.79 Å². The average molecular weight is 412 g/mol. The van der Waals surface area contributed by atoms with Crippen LogP contribution in [0.25, 0.3) is 21.3 Å². The number of aromatic amines is 1. The topological polar surface area (TPSA) is 104 Å². The largest absolute Gasteiger partial charge is 0.477 e. The van der Waals surface area contributed by atoms with Gasteiger partial charge in [-0.25, -0.2) is 13.2 Å². The van der Waals surface area contributed by atoms with Crippen LogP contribution in [-0.2, 0) is 15.6 Å². The number of aromatic carboxylic acids is 1. The number of carbonyl (C=O) groups is 2. The third kappa shape index (κ3) is 3.40. The number of nitrogens with one attached hydrogen (secondary N) is 1. The Morgan fingerprint density at radius 2 is 2.00 bits per heavy atom. The van der Waals surface area contributed by atoms with E-state index in [1.807, 2.05) is 0 Å². The molecule has 0 aliphatic carbocycles. The molecule has 0 saturated heterocycles. The SMILES string of the molecule is CC(=O)c1csc2c(-c3ccc(CS(C)(=O)=O)c(Cl)c3)c(C(=O)O)[nH]c12. The molecule has 0 aliphatic rings. The summed E-state index contributed by atoms with van der Waals surface area (Å²) in [6, 6.07) is 4.75. The third-order valence-corrected chi connectivity index (χ3v) is 6.06. The van der Waals surface area contributed by atoms with Crippen LogP contribution in [0.2, 0.25) is 5.02 Å². The van der Waals surface area contributed by atoms with Crippen LogP contribution < -0.4 is 0 Å². The van der Waals surface area contributed by atoms with E-state index in [1.165, 1.54) is 18.3 Å². The molecule has 1 aromatic carbocycles. The molecule has 0 unspecified atom stereocenters. The molecule has 3 rings (SSSR count). The Bertz CT molecular complexity index is 1160. The van der Waals surface area contributed by atoms with Gasteiger partial charge in [-0.2, -0.15) is 0 Å². The quantitative estimate of drug-likeness (QED) is 0.617. The van der Waals surface area contributed by atoms with Gasteiger partial charge in [0, 0.05) is 22.2 Å². The van der Waals surface area contributed by atoms with Crippen LogP contribution in [0.3, 0.4) is 0 Å². The van der Waals surface area contributed by atoms with Gasteiger partial charge < -0.3 is 10.1 Å². The van der Waals surface area contributed by atoms with Crippen molar-refractivity contribution in [2.45, 2.75) is 12.7 Å². The number of halogens is 1. The van der Waals surface area contributed by atoms with Crippen molar-refractivity contribution in [1.29, 1.82) is 0 Å². The Morgan fingerprint density at radius 1 is 1.31 bits per heavy atom. The van der Waals surface area contributed by atoms with E-state index in [0.29, 0.717) is 32.5 Å². The second kappa shape index (κ2) is 6.53. The number of benzene rings is 1. The highest BCUT2D eigenvalue weighted by Crippen LogP contribution is 2.39. The van der Waals surface area contributed by atoms with E-state index in [9.17, 15) is 23.1 Å². The van der Waals surface area contributed by atoms with Crippen molar-refractivity contribution in [2.24, 2.45) is 0 Å². The number of Topliss-reactive ketones (excluding diaryl/α,β-unsaturated/α-hetero) is 1. The van der Waals surface area contributed by atoms with Gasteiger partial charge in [0.05, 0.1) is 21.5 Å². The van der Waals surface area contributed by atoms with Gasteiger partial charge in [0.1, 0.15) is 5.69 Å². The molecule has 26 heavy (non-hydrogen) atoms. The lowest BCUT2D eigenvalue weighted by Gasteiger charge is -2.07. The first-order valence-electron chi connectivity index (χ1n) is 7.42. The second-order valence-corrected chi connectivity index (χ2v) is 9.39. The second-order valence-electron chi connectivity index (χ2n) is 5.97. The summed E-state index contributed by atoms with van der Waals surface area (Å²) in [6.07, 6.45) is 1.12. The van der Waals surface area contributed by atoms with E-state index in [0.717, 1.165) is 6.26 Å². The van der Waals surface area contributed by atoms with Gasteiger partial charge in [0.2, 0.25) is 0 Å². The van der Waals surface area contributed by atoms with Crippen molar-refractivity contribution in [1.82, 2.24) is 4.98 Å². The lowest BCUT2D eigenvalue weighted by Crippen LogP contribution is -2.02. The Kier molecular flexibility index (Phi) is 4.68. The van der Waals surface area contributed by atoms with Crippen molar-refractivity contribution >= 4 is 54.7 Å². The molecule has 2 aromatic heterocycles. The van der Waals surface area contributed by atoms with E-state index in [4.69, 9.17) is 11.6 Å². The fraction of sp³-hybridized carbons (Fsp3) is 0.176. The zero-order valence-corrected chi connectivity index (χ0v) is 16.2. The molecule has 6 nitrogen and oxygen atoms in total. The molecule has 0 fully saturated rings. The van der Waals surface area contributed by atoms with Gasteiger partial charge in [0.25, 0.3) is 0 Å². The van der Waals surface area contributed by atoms with Crippen molar-refractivity contribution in [3.63, 3.8) is 0 Å². The maximum absolute atomic E-state index is 11.7. The minimum absolute atomic E-state index is 0.0405. The molecule has 0 spiro atoms. The molecule has 136 valence electrons. The molecule has 3 aromatic rings. The smallest absolute Gasteiger partial charge is 0.353 e. The first kappa shape index (κ1) is 18.6. The van der Waals surface area contributed by atoms with Crippen LogP contribution in [0.1, 0.15) is 33.3 Å². The molecular weight excluding hydrogens is 398 g/mol. The highest BCUT2D eigenvalue weighted by atomic mass is 35.5. The monoisotopic (exact) mass is 411 g/mol. The number of hydrogen-bond donors (Lipinski definition) is 2. The van der Waals surface area contributed by atoms with Crippen molar-refractivity contribution in [2.75, 3.05) is 6.26 Å². The molecule has 0 atom stereocenters. The number of H-pyrrole nitrogens is 1. The average Bonchev–Trinajstić information content (AvgIpc) is 3.06. The van der Waals surface area contributed by atoms with E-state index in [-0.39, 0.29) is 22.3 Å². The number of rotatable bonds is 5. The van der Waals surface area contributed by atoms with Gasteiger partial charge in [-0.1, -0.05) is 23.7 Å². The van der Waals surface area contributed by atoms with Gasteiger partial charge in [-0.15, -0.1) is 11.3 Å². The first-order valence-corrected chi connectivity index (χ1v) is 10.7. The van der Waals surface area contributed by atoms with Crippen LogP contribution in [0.5, 0.6) is 0 Å². The lowest BCUT2D eigenvalue weighted by molar-refractivity contribution is 0.0692. The molecule has 0 radical (unpaired) electrons. The molecular formula is C17H14ClNO5S2. The minimum Gasteiger partial charge on any atom is -0.477 e. The maximum Gasteiger partial charge on any atom is 0.353 e. The molecule has 9 heteroatoms. The summed E-state index contributed by atoms with van der Waals surface area (Å²) in [5, 5.41) is 11.4. The number of carboxylic acids is 1. The minimum atomic E-state index is -3.25. The molecule has 2 N–H and O–H groups in total. The number of sulfone groups is 1. The first-order chi connectivity index (χ1) is 12.1. The summed E-state index contributed by atoms with van der Waals surface area (Å²) in [5.41, 5.74) is 2.27. The molecule has 0 aliphatic heterocycles. The van der Waals surface area contributed by atoms with Crippen LogP contribution in [0, 0.1) is 0 Å². The van der Waals surface area contributed by atoms with Crippen LogP contribution in [0.4, 0.5) is 0 Å². The highest BCUT2D eigenvalue weighted by Gasteiger charge is 2.23. The van der Waals surface area contributed by atoms with Crippen LogP contribution >= 0.6 is 22.9 Å². The Morgan fingerprint density at radius 3 is 2.54 bits per heavy atom. The fourth-order valence-electron chi connectivity index (χ4n) is 2.76. The highest BCUT2D eigenvalue weighted by molar-refractivity contribution is 7.89. The number of thiophene rings is 1. The summed E-state index contributed by atoms with van der Waals surface area (Å²) in [5.74, 6) is -1.52. The van der Waals surface area contributed by atoms with Crippen LogP contribution in [-0.4, -0.2) is 36.5 Å². The van der Waals surface area contributed by atoms with E-state index >= 15 is 0 Å². The number of hydrogen-bond acceptors (Lipinski definition) is 5. The summed E-state index contributed by atoms with van der Waals surface area (Å²) >= 11 is 7.49. The number of carboxylic acid groups (broad SMARTS) is 1. The summed E-state index contributed by atoms with van der Waals surface area (Å²) in [7, 11) is -3.25. The van der Waals surface area contributed by atoms with Gasteiger partial charge in [0.15, 0.2) is 15.6 Å². The molecule has 0 saturated carbocycles. The Labute approximate surface area is 158 Å². The maximum atomic E-state index is 11.7. The standard InChI is InChI=1S/C17H14ClNO5S2/c1-8(20)11-6-25-16-13(15(17(21)22)19-14(11)16)9-3-4-10(12(18)5-9)7-26(2,23)24/h3-6,19H,7H2,1-2H3,(H,21,22). The van der Waals surface area contributed by atoms with Crippen molar-refractivity contribution in [3.05, 3.63) is 45.4 Å². The number of fused-ring (bicyclic) bond motifs is 1. The molecule has 0 bridgehead atoms. The predicted octanol–water partition coefficient (Wildman–Crippen LogP) is 4.00. The summed E-state index contributed by atoms with van der Waals surface area (Å²) < 4.78 is 23.6.